The molecule has 4 aromatic rings. The zero-order chi connectivity index (χ0) is 23.3. The Bertz CT molecular complexity index is 1220. The minimum Gasteiger partial charge on any atom is -0.463 e. The summed E-state index contributed by atoms with van der Waals surface area (Å²) in [6.45, 7) is 0.512. The van der Waals surface area contributed by atoms with Crippen LogP contribution >= 0.6 is 22.9 Å². The Labute approximate surface area is 207 Å². The fourth-order valence-electron chi connectivity index (χ4n) is 4.16. The largest absolute Gasteiger partial charge is 0.463 e. The van der Waals surface area contributed by atoms with Gasteiger partial charge in [0.25, 0.3) is 0 Å². The Morgan fingerprint density at radius 2 is 2.00 bits per heavy atom. The second-order valence-corrected chi connectivity index (χ2v) is 9.83. The smallest absolute Gasteiger partial charge is 0.148 e. The number of thiazole rings is 1. The Balaban J connectivity index is 1.30. The van der Waals surface area contributed by atoms with E-state index < -0.39 is 6.10 Å². The number of carbonyl (C=O) groups excluding carboxylic acids is 1. The number of aldehydes is 1. The number of ether oxygens (including phenoxy) is 2. The number of aromatic nitrogens is 1. The molecule has 1 saturated heterocycles. The van der Waals surface area contributed by atoms with Crippen LogP contribution in [0.2, 0.25) is 5.02 Å². The molecule has 1 aliphatic rings. The van der Waals surface area contributed by atoms with Gasteiger partial charge in [0, 0.05) is 30.5 Å². The molecule has 0 radical (unpaired) electrons. The Morgan fingerprint density at radius 1 is 1.12 bits per heavy atom. The van der Waals surface area contributed by atoms with E-state index >= 15 is 0 Å². The Morgan fingerprint density at radius 3 is 2.79 bits per heavy atom. The Hall–Kier alpha value is -2.77. The summed E-state index contributed by atoms with van der Waals surface area (Å²) in [6, 6.07) is 19.7. The summed E-state index contributed by atoms with van der Waals surface area (Å²) in [5.41, 5.74) is 3.07. The topological polar surface area (TPSA) is 61.6 Å². The summed E-state index contributed by atoms with van der Waals surface area (Å²) in [5.74, 6) is 0.806. The molecular formula is C27H24ClNO4S. The van der Waals surface area contributed by atoms with Crippen molar-refractivity contribution in [2.24, 2.45) is 0 Å². The van der Waals surface area contributed by atoms with Gasteiger partial charge in [0.2, 0.25) is 0 Å². The number of nitrogens with zero attached hydrogens (tertiary/aromatic N) is 1. The van der Waals surface area contributed by atoms with Crippen molar-refractivity contribution >= 4 is 29.2 Å². The molecule has 3 unspecified atom stereocenters. The summed E-state index contributed by atoms with van der Waals surface area (Å²) in [5, 5.41) is 1.63. The van der Waals surface area contributed by atoms with Gasteiger partial charge in [-0.1, -0.05) is 54.1 Å². The van der Waals surface area contributed by atoms with E-state index in [-0.39, 0.29) is 12.2 Å². The molecule has 2 aromatic carbocycles. The van der Waals surface area contributed by atoms with Gasteiger partial charge in [-0.2, -0.15) is 0 Å². The third kappa shape index (κ3) is 5.47. The van der Waals surface area contributed by atoms with Crippen LogP contribution in [-0.2, 0) is 27.3 Å². The predicted molar refractivity (Wildman–Crippen MR) is 132 cm³/mol. The van der Waals surface area contributed by atoms with Gasteiger partial charge in [-0.15, -0.1) is 11.3 Å². The fourth-order valence-corrected chi connectivity index (χ4v) is 5.25. The molecule has 0 saturated carbocycles. The van der Waals surface area contributed by atoms with Crippen molar-refractivity contribution in [3.63, 3.8) is 0 Å². The van der Waals surface area contributed by atoms with Gasteiger partial charge in [0.05, 0.1) is 35.0 Å². The van der Waals surface area contributed by atoms with Crippen LogP contribution in [0.3, 0.4) is 0 Å². The molecule has 174 valence electrons. The average molecular weight is 494 g/mol. The van der Waals surface area contributed by atoms with Crippen LogP contribution in [0.1, 0.15) is 40.6 Å². The van der Waals surface area contributed by atoms with E-state index in [0.717, 1.165) is 38.6 Å². The number of benzene rings is 2. The molecule has 0 amide bonds. The van der Waals surface area contributed by atoms with E-state index in [1.54, 1.807) is 17.6 Å². The van der Waals surface area contributed by atoms with E-state index in [1.165, 1.54) is 0 Å². The van der Waals surface area contributed by atoms with Crippen molar-refractivity contribution in [3.8, 4) is 10.6 Å². The number of carbonyl (C=O) groups is 1. The van der Waals surface area contributed by atoms with Gasteiger partial charge in [0.1, 0.15) is 18.2 Å². The normalized spacial score (nSPS) is 20.3. The van der Waals surface area contributed by atoms with Gasteiger partial charge in [-0.25, -0.2) is 4.98 Å². The van der Waals surface area contributed by atoms with Crippen molar-refractivity contribution in [3.05, 3.63) is 99.8 Å². The van der Waals surface area contributed by atoms with Crippen LogP contribution in [0, 0.1) is 0 Å². The monoisotopic (exact) mass is 493 g/mol. The standard InChI is InChI=1S/C27H24ClNO4S/c28-23-9-8-19(11-20(23)12-27-29-15-26(34-27)24-7-4-10-31-24)25-14-21(13-22(16-30)33-25)32-17-18-5-2-1-3-6-18/h1-11,15-16,21-22,25H,12-14,17H2. The fraction of sp³-hybridized carbons (Fsp3) is 0.259. The molecule has 0 bridgehead atoms. The maximum atomic E-state index is 11.6. The van der Waals surface area contributed by atoms with Crippen LogP contribution in [-0.4, -0.2) is 23.5 Å². The molecule has 5 rings (SSSR count). The van der Waals surface area contributed by atoms with Gasteiger partial charge in [0.15, 0.2) is 0 Å². The van der Waals surface area contributed by atoms with E-state index in [2.05, 4.69) is 11.1 Å². The summed E-state index contributed by atoms with van der Waals surface area (Å²) in [4.78, 5) is 17.1. The number of hydrogen-bond acceptors (Lipinski definition) is 6. The number of furan rings is 1. The number of hydrogen-bond donors (Lipinski definition) is 0. The molecule has 1 aliphatic heterocycles. The molecule has 7 heteroatoms. The molecule has 5 nitrogen and oxygen atoms in total. The lowest BCUT2D eigenvalue weighted by Crippen LogP contribution is -2.34. The first-order chi connectivity index (χ1) is 16.7. The third-order valence-electron chi connectivity index (χ3n) is 5.89. The minimum atomic E-state index is -0.492. The van der Waals surface area contributed by atoms with Crippen LogP contribution in [0.15, 0.2) is 77.5 Å². The number of rotatable bonds is 8. The van der Waals surface area contributed by atoms with Gasteiger partial charge in [-0.05, 0) is 34.9 Å². The SMILES string of the molecule is O=CC1CC(OCc2ccccc2)CC(c2ccc(Cl)c(Cc3ncc(-c4ccco4)s3)c2)O1. The van der Waals surface area contributed by atoms with E-state index in [0.29, 0.717) is 30.9 Å². The highest BCUT2D eigenvalue weighted by Crippen LogP contribution is 2.35. The highest BCUT2D eigenvalue weighted by atomic mass is 35.5. The molecule has 1 fully saturated rings. The zero-order valence-corrected chi connectivity index (χ0v) is 20.0. The van der Waals surface area contributed by atoms with Gasteiger partial charge < -0.3 is 18.7 Å². The first kappa shape index (κ1) is 23.0. The van der Waals surface area contributed by atoms with E-state index in [4.69, 9.17) is 25.5 Å². The van der Waals surface area contributed by atoms with Crippen LogP contribution in [0.4, 0.5) is 0 Å². The second-order valence-electron chi connectivity index (χ2n) is 8.31. The maximum absolute atomic E-state index is 11.6. The van der Waals surface area contributed by atoms with Crippen LogP contribution in [0.25, 0.3) is 10.6 Å². The molecule has 0 aliphatic carbocycles. The highest BCUT2D eigenvalue weighted by Gasteiger charge is 2.31. The van der Waals surface area contributed by atoms with Gasteiger partial charge >= 0.3 is 0 Å². The van der Waals surface area contributed by atoms with Crippen molar-refractivity contribution in [2.75, 3.05) is 0 Å². The van der Waals surface area contributed by atoms with Crippen LogP contribution < -0.4 is 0 Å². The van der Waals surface area contributed by atoms with Crippen LogP contribution in [0.5, 0.6) is 0 Å². The first-order valence-electron chi connectivity index (χ1n) is 11.2. The maximum Gasteiger partial charge on any atom is 0.148 e. The lowest BCUT2D eigenvalue weighted by Gasteiger charge is -2.33. The quantitative estimate of drug-likeness (QED) is 0.257. The summed E-state index contributed by atoms with van der Waals surface area (Å²) in [6.07, 6.45) is 5.39. The Kier molecular flexibility index (Phi) is 7.21. The molecule has 2 aromatic heterocycles. The number of halogens is 1. The first-order valence-corrected chi connectivity index (χ1v) is 12.4. The molecule has 0 spiro atoms. The van der Waals surface area contributed by atoms with Crippen molar-refractivity contribution < 1.29 is 18.7 Å². The molecular weight excluding hydrogens is 470 g/mol. The third-order valence-corrected chi connectivity index (χ3v) is 7.27. The van der Waals surface area contributed by atoms with Crippen molar-refractivity contribution in [1.82, 2.24) is 4.98 Å². The molecule has 0 N–H and O–H groups in total. The second kappa shape index (κ2) is 10.7. The molecule has 34 heavy (non-hydrogen) atoms. The summed E-state index contributed by atoms with van der Waals surface area (Å²) in [7, 11) is 0. The summed E-state index contributed by atoms with van der Waals surface area (Å²) >= 11 is 8.11. The average Bonchev–Trinajstić information content (AvgIpc) is 3.57. The van der Waals surface area contributed by atoms with Gasteiger partial charge in [-0.3, -0.25) is 0 Å². The lowest BCUT2D eigenvalue weighted by atomic mass is 9.94. The minimum absolute atomic E-state index is 0.0666. The summed E-state index contributed by atoms with van der Waals surface area (Å²) < 4.78 is 17.7. The predicted octanol–water partition coefficient (Wildman–Crippen LogP) is 6.65. The van der Waals surface area contributed by atoms with Crippen molar-refractivity contribution in [2.45, 2.75) is 44.2 Å². The van der Waals surface area contributed by atoms with E-state index in [1.807, 2.05) is 60.8 Å². The lowest BCUT2D eigenvalue weighted by molar-refractivity contribution is -0.142. The zero-order valence-electron chi connectivity index (χ0n) is 18.4. The van der Waals surface area contributed by atoms with E-state index in [9.17, 15) is 4.79 Å². The molecule has 3 heterocycles. The highest BCUT2D eigenvalue weighted by molar-refractivity contribution is 7.15. The molecule has 3 atom stereocenters. The van der Waals surface area contributed by atoms with Crippen molar-refractivity contribution in [1.29, 1.82) is 0 Å².